The number of ether oxygens (including phenoxy) is 1. The molecule has 102 valence electrons. The number of nitriles is 1. The zero-order chi connectivity index (χ0) is 14.3. The van der Waals surface area contributed by atoms with Gasteiger partial charge >= 0.3 is 0 Å². The van der Waals surface area contributed by atoms with Gasteiger partial charge in [-0.15, -0.1) is 0 Å². The predicted octanol–water partition coefficient (Wildman–Crippen LogP) is 2.39. The van der Waals surface area contributed by atoms with Crippen LogP contribution in [0.5, 0.6) is 5.75 Å². The topological polar surface area (TPSA) is 62.1 Å². The van der Waals surface area contributed by atoms with Gasteiger partial charge < -0.3 is 10.1 Å². The number of methoxy groups -OCH3 is 1. The molecule has 4 heteroatoms. The summed E-state index contributed by atoms with van der Waals surface area (Å²) in [5, 5.41) is 11.3. The van der Waals surface area contributed by atoms with Crippen molar-refractivity contribution < 1.29 is 9.53 Å². The minimum absolute atomic E-state index is 0.0930. The smallest absolute Gasteiger partial charge is 0.221 e. The number of carbonyl (C=O) groups is 1. The quantitative estimate of drug-likeness (QED) is 0.854. The Kier molecular flexibility index (Phi) is 5.37. The van der Waals surface area contributed by atoms with Gasteiger partial charge in [0.15, 0.2) is 0 Å². The van der Waals surface area contributed by atoms with Gasteiger partial charge in [0.05, 0.1) is 13.2 Å². The van der Waals surface area contributed by atoms with Gasteiger partial charge in [0.25, 0.3) is 0 Å². The van der Waals surface area contributed by atoms with E-state index in [1.54, 1.807) is 7.11 Å². The molecular weight excluding hydrogens is 240 g/mol. The number of nitrogens with one attached hydrogen (secondary N) is 1. The minimum atomic E-state index is -0.227. The number of rotatable bonds is 6. The molecule has 0 spiro atoms. The van der Waals surface area contributed by atoms with E-state index in [-0.39, 0.29) is 24.2 Å². The van der Waals surface area contributed by atoms with Crippen molar-refractivity contribution in [3.05, 3.63) is 29.8 Å². The summed E-state index contributed by atoms with van der Waals surface area (Å²) in [6.07, 6.45) is 0.499. The molecule has 1 amide bonds. The molecule has 4 nitrogen and oxygen atoms in total. The lowest BCUT2D eigenvalue weighted by Gasteiger charge is -2.27. The molecule has 0 saturated heterocycles. The minimum Gasteiger partial charge on any atom is -0.496 e. The lowest BCUT2D eigenvalue weighted by molar-refractivity contribution is -0.121. The lowest BCUT2D eigenvalue weighted by atomic mass is 9.84. The van der Waals surface area contributed by atoms with E-state index in [0.717, 1.165) is 11.3 Å². The molecule has 0 aliphatic rings. The van der Waals surface area contributed by atoms with Gasteiger partial charge in [-0.25, -0.2) is 0 Å². The van der Waals surface area contributed by atoms with Crippen LogP contribution in [-0.4, -0.2) is 19.6 Å². The van der Waals surface area contributed by atoms with Crippen molar-refractivity contribution in [1.29, 1.82) is 5.26 Å². The van der Waals surface area contributed by atoms with Gasteiger partial charge in [-0.3, -0.25) is 4.79 Å². The Balaban J connectivity index is 2.70. The Hall–Kier alpha value is -2.02. The van der Waals surface area contributed by atoms with E-state index in [4.69, 9.17) is 10.00 Å². The molecular formula is C15H20N2O2. The predicted molar refractivity (Wildman–Crippen MR) is 73.9 cm³/mol. The summed E-state index contributed by atoms with van der Waals surface area (Å²) in [4.78, 5) is 11.5. The molecule has 0 atom stereocenters. The van der Waals surface area contributed by atoms with Crippen LogP contribution in [0.15, 0.2) is 24.3 Å². The SMILES string of the molecule is COc1ccccc1C(C)(C)CNC(=O)CCC#N. The van der Waals surface area contributed by atoms with Crippen LogP contribution in [0.2, 0.25) is 0 Å². The first-order chi connectivity index (χ1) is 9.01. The molecule has 1 aromatic carbocycles. The molecule has 19 heavy (non-hydrogen) atoms. The van der Waals surface area contributed by atoms with Crippen LogP contribution in [-0.2, 0) is 10.2 Å². The molecule has 0 aliphatic carbocycles. The number of amides is 1. The fourth-order valence-electron chi connectivity index (χ4n) is 1.88. The first kappa shape index (κ1) is 15.0. The third kappa shape index (κ3) is 4.29. The van der Waals surface area contributed by atoms with E-state index < -0.39 is 0 Å². The van der Waals surface area contributed by atoms with Crippen LogP contribution in [0.4, 0.5) is 0 Å². The molecule has 0 fully saturated rings. The van der Waals surface area contributed by atoms with E-state index in [1.165, 1.54) is 0 Å². The fraction of sp³-hybridized carbons (Fsp3) is 0.467. The van der Waals surface area contributed by atoms with Gasteiger partial charge in [0.2, 0.25) is 5.91 Å². The lowest BCUT2D eigenvalue weighted by Crippen LogP contribution is -2.36. The van der Waals surface area contributed by atoms with Crippen molar-refractivity contribution in [3.8, 4) is 11.8 Å². The molecule has 1 aromatic rings. The maximum atomic E-state index is 11.5. The molecule has 1 rings (SSSR count). The van der Waals surface area contributed by atoms with Gasteiger partial charge in [-0.05, 0) is 6.07 Å². The number of hydrogen-bond donors (Lipinski definition) is 1. The second-order valence-electron chi connectivity index (χ2n) is 5.02. The van der Waals surface area contributed by atoms with Crippen LogP contribution in [0.3, 0.4) is 0 Å². The standard InChI is InChI=1S/C15H20N2O2/c1-15(2,11-17-14(18)9-6-10-16)12-7-4-5-8-13(12)19-3/h4-5,7-8H,6,9,11H2,1-3H3,(H,17,18). The van der Waals surface area contributed by atoms with Crippen molar-refractivity contribution in [2.24, 2.45) is 0 Å². The Labute approximate surface area is 114 Å². The maximum Gasteiger partial charge on any atom is 0.221 e. The number of nitrogens with zero attached hydrogens (tertiary/aromatic N) is 1. The largest absolute Gasteiger partial charge is 0.496 e. The summed E-state index contributed by atoms with van der Waals surface area (Å²) < 4.78 is 5.35. The highest BCUT2D eigenvalue weighted by atomic mass is 16.5. The molecule has 0 radical (unpaired) electrons. The van der Waals surface area contributed by atoms with Crippen LogP contribution < -0.4 is 10.1 Å². The maximum absolute atomic E-state index is 11.5. The van der Waals surface area contributed by atoms with Crippen LogP contribution in [0, 0.1) is 11.3 Å². The van der Waals surface area contributed by atoms with Crippen LogP contribution in [0.1, 0.15) is 32.3 Å². The van der Waals surface area contributed by atoms with E-state index in [9.17, 15) is 4.79 Å². The Morgan fingerprint density at radius 2 is 2.11 bits per heavy atom. The highest BCUT2D eigenvalue weighted by Crippen LogP contribution is 2.30. The average Bonchev–Trinajstić information content (AvgIpc) is 2.43. The summed E-state index contributed by atoms with van der Waals surface area (Å²) in [6.45, 7) is 4.61. The second-order valence-corrected chi connectivity index (χ2v) is 5.02. The van der Waals surface area contributed by atoms with Crippen LogP contribution in [0.25, 0.3) is 0 Å². The Morgan fingerprint density at radius 3 is 2.74 bits per heavy atom. The summed E-state index contributed by atoms with van der Waals surface area (Å²) >= 11 is 0. The molecule has 1 N–H and O–H groups in total. The van der Waals surface area contributed by atoms with Gasteiger partial charge in [0, 0.05) is 30.4 Å². The molecule has 0 bridgehead atoms. The van der Waals surface area contributed by atoms with Gasteiger partial charge in [-0.1, -0.05) is 32.0 Å². The summed E-state index contributed by atoms with van der Waals surface area (Å²) in [7, 11) is 1.64. The van der Waals surface area contributed by atoms with Crippen molar-refractivity contribution in [2.45, 2.75) is 32.1 Å². The van der Waals surface area contributed by atoms with Gasteiger partial charge in [-0.2, -0.15) is 5.26 Å². The van der Waals surface area contributed by atoms with Crippen molar-refractivity contribution in [3.63, 3.8) is 0 Å². The van der Waals surface area contributed by atoms with Crippen molar-refractivity contribution >= 4 is 5.91 Å². The molecule has 0 unspecified atom stereocenters. The number of para-hydroxylation sites is 1. The van der Waals surface area contributed by atoms with E-state index in [0.29, 0.717) is 6.54 Å². The Morgan fingerprint density at radius 1 is 1.42 bits per heavy atom. The highest BCUT2D eigenvalue weighted by molar-refractivity contribution is 5.76. The highest BCUT2D eigenvalue weighted by Gasteiger charge is 2.24. The third-order valence-electron chi connectivity index (χ3n) is 3.03. The monoisotopic (exact) mass is 260 g/mol. The first-order valence-corrected chi connectivity index (χ1v) is 6.28. The van der Waals surface area contributed by atoms with Crippen molar-refractivity contribution in [2.75, 3.05) is 13.7 Å². The molecule has 0 heterocycles. The summed E-state index contributed by atoms with van der Waals surface area (Å²) in [5.41, 5.74) is 0.827. The number of benzene rings is 1. The fourth-order valence-corrected chi connectivity index (χ4v) is 1.88. The normalized spacial score (nSPS) is 10.6. The molecule has 0 saturated carbocycles. The summed E-state index contributed by atoms with van der Waals surface area (Å²) in [6, 6.07) is 9.75. The zero-order valence-corrected chi connectivity index (χ0v) is 11.7. The van der Waals surface area contributed by atoms with Crippen molar-refractivity contribution in [1.82, 2.24) is 5.32 Å². The number of hydrogen-bond acceptors (Lipinski definition) is 3. The zero-order valence-electron chi connectivity index (χ0n) is 11.7. The Bertz CT molecular complexity index is 475. The first-order valence-electron chi connectivity index (χ1n) is 6.28. The van der Waals surface area contributed by atoms with Gasteiger partial charge in [0.1, 0.15) is 5.75 Å². The number of carbonyl (C=O) groups excluding carboxylic acids is 1. The average molecular weight is 260 g/mol. The van der Waals surface area contributed by atoms with E-state index >= 15 is 0 Å². The van der Waals surface area contributed by atoms with Crippen LogP contribution >= 0.6 is 0 Å². The third-order valence-corrected chi connectivity index (χ3v) is 3.03. The summed E-state index contributed by atoms with van der Waals surface area (Å²) in [5.74, 6) is 0.725. The van der Waals surface area contributed by atoms with E-state index in [2.05, 4.69) is 19.2 Å². The van der Waals surface area contributed by atoms with E-state index in [1.807, 2.05) is 30.3 Å². The molecule has 0 aromatic heterocycles. The molecule has 0 aliphatic heterocycles. The second kappa shape index (κ2) is 6.79.